The Kier molecular flexibility index (Phi) is 6.97. The van der Waals surface area contributed by atoms with Crippen molar-refractivity contribution in [1.29, 1.82) is 0 Å². The van der Waals surface area contributed by atoms with Crippen molar-refractivity contribution >= 4 is 11.3 Å². The summed E-state index contributed by atoms with van der Waals surface area (Å²) in [7, 11) is 1.61. The molecular weight excluding hydrogens is 532 g/mol. The highest BCUT2D eigenvalue weighted by Crippen LogP contribution is 2.63. The summed E-state index contributed by atoms with van der Waals surface area (Å²) in [6.07, 6.45) is -0.163. The number of nitrogens with two attached hydrogens (primary N) is 1. The summed E-state index contributed by atoms with van der Waals surface area (Å²) in [6, 6.07) is 33.8. The van der Waals surface area contributed by atoms with Gasteiger partial charge in [0.15, 0.2) is 17.5 Å². The molecule has 2 fully saturated rings. The number of fused-ring (bicyclic) bond motifs is 2. The Balaban J connectivity index is 1.29. The van der Waals surface area contributed by atoms with Crippen molar-refractivity contribution in [3.63, 3.8) is 0 Å². The fourth-order valence-electron chi connectivity index (χ4n) is 5.99. The lowest BCUT2D eigenvalue weighted by atomic mass is 9.99. The monoisotopic (exact) mass is 564 g/mol. The van der Waals surface area contributed by atoms with E-state index in [1.54, 1.807) is 11.6 Å². The molecule has 9 nitrogen and oxygen atoms in total. The van der Waals surface area contributed by atoms with Crippen LogP contribution in [0, 0.1) is 0 Å². The summed E-state index contributed by atoms with van der Waals surface area (Å²) < 4.78 is 34.9. The van der Waals surface area contributed by atoms with Crippen LogP contribution in [-0.4, -0.2) is 45.6 Å². The fourth-order valence-corrected chi connectivity index (χ4v) is 5.99. The van der Waals surface area contributed by atoms with Crippen LogP contribution in [0.4, 0.5) is 5.82 Å². The molecule has 5 atom stereocenters. The number of hydrogen-bond acceptors (Lipinski definition) is 8. The van der Waals surface area contributed by atoms with E-state index < -0.39 is 29.7 Å². The zero-order valence-corrected chi connectivity index (χ0v) is 23.2. The Labute approximate surface area is 243 Å². The van der Waals surface area contributed by atoms with Crippen LogP contribution >= 0.6 is 0 Å². The minimum absolute atomic E-state index is 0.314. The number of ether oxygens (including phenoxy) is 5. The largest absolute Gasteiger partial charge is 0.382 e. The summed E-state index contributed by atoms with van der Waals surface area (Å²) in [4.78, 5) is 4.14. The first kappa shape index (κ1) is 26.8. The molecule has 1 aliphatic heterocycles. The van der Waals surface area contributed by atoms with Crippen molar-refractivity contribution in [3.8, 4) is 0 Å². The molecule has 2 N–H and O–H groups in total. The quantitative estimate of drug-likeness (QED) is 0.247. The number of nitrogen functional groups attached to an aromatic ring is 1. The van der Waals surface area contributed by atoms with E-state index in [2.05, 4.69) is 10.1 Å². The molecule has 7 rings (SSSR count). The van der Waals surface area contributed by atoms with E-state index in [4.69, 9.17) is 29.4 Å². The molecule has 1 saturated carbocycles. The first-order valence-corrected chi connectivity index (χ1v) is 14.0. The van der Waals surface area contributed by atoms with E-state index in [-0.39, 0.29) is 0 Å². The number of nitrogens with zero attached hydrogens (tertiary/aromatic N) is 3. The van der Waals surface area contributed by atoms with Gasteiger partial charge in [0, 0.05) is 7.11 Å². The highest BCUT2D eigenvalue weighted by molar-refractivity contribution is 5.65. The van der Waals surface area contributed by atoms with Crippen LogP contribution < -0.4 is 5.73 Å². The molecular formula is C33H32N4O5. The van der Waals surface area contributed by atoms with Gasteiger partial charge in [-0.3, -0.25) is 0 Å². The fraction of sp³-hybridized carbons (Fsp3) is 0.273. The Morgan fingerprint density at radius 3 is 2.00 bits per heavy atom. The van der Waals surface area contributed by atoms with Gasteiger partial charge >= 0.3 is 0 Å². The van der Waals surface area contributed by atoms with E-state index in [1.807, 2.05) is 103 Å². The molecule has 2 unspecified atom stereocenters. The number of aromatic nitrogens is 3. The molecule has 2 aliphatic rings. The smallest absolute Gasteiger partial charge is 0.243 e. The maximum absolute atomic E-state index is 6.84. The van der Waals surface area contributed by atoms with Crippen LogP contribution in [0.15, 0.2) is 109 Å². The second kappa shape index (κ2) is 10.9. The Morgan fingerprint density at radius 2 is 1.38 bits per heavy atom. The molecule has 5 aromatic rings. The Bertz CT molecular complexity index is 1650. The number of anilines is 1. The van der Waals surface area contributed by atoms with Crippen molar-refractivity contribution < 1.29 is 23.7 Å². The van der Waals surface area contributed by atoms with E-state index in [0.29, 0.717) is 36.8 Å². The van der Waals surface area contributed by atoms with Gasteiger partial charge in [-0.25, -0.2) is 9.50 Å². The van der Waals surface area contributed by atoms with Crippen LogP contribution in [0.5, 0.6) is 0 Å². The summed E-state index contributed by atoms with van der Waals surface area (Å²) in [5.41, 5.74) is 9.60. The standard InChI is InChI=1S/C33H32N4O5/c1-38-33(27-18-17-26-30(34)35-22-36-37(26)27)31(40-20-24-13-7-3-8-14-24)32(41-21-25-15-9-4-10-16-25)28(29(32)42-33)39-19-23-11-5-2-6-12-23/h2-18,22,28-29,31H,19-21H2,1H3,(H2,34,35,36)/t28?,29-,31-,32-,33?/m1/s1. The third kappa shape index (κ3) is 4.46. The van der Waals surface area contributed by atoms with Gasteiger partial charge in [-0.1, -0.05) is 91.0 Å². The molecule has 42 heavy (non-hydrogen) atoms. The molecule has 3 aromatic carbocycles. The molecule has 214 valence electrons. The number of benzene rings is 3. The Morgan fingerprint density at radius 1 is 0.786 bits per heavy atom. The average Bonchev–Trinajstić information content (AvgIpc) is 3.29. The molecule has 1 aliphatic carbocycles. The van der Waals surface area contributed by atoms with E-state index in [0.717, 1.165) is 16.7 Å². The minimum atomic E-state index is -1.37. The average molecular weight is 565 g/mol. The molecule has 1 saturated heterocycles. The maximum atomic E-state index is 6.84. The molecule has 0 spiro atoms. The molecule has 0 amide bonds. The van der Waals surface area contributed by atoms with Crippen LogP contribution in [0.2, 0.25) is 0 Å². The number of rotatable bonds is 11. The summed E-state index contributed by atoms with van der Waals surface area (Å²) >= 11 is 0. The van der Waals surface area contributed by atoms with Gasteiger partial charge in [0.1, 0.15) is 29.7 Å². The number of hydrogen-bond donors (Lipinski definition) is 1. The van der Waals surface area contributed by atoms with Crippen molar-refractivity contribution in [2.75, 3.05) is 12.8 Å². The highest BCUT2D eigenvalue weighted by Gasteiger charge is 2.85. The van der Waals surface area contributed by atoms with Crippen LogP contribution in [0.3, 0.4) is 0 Å². The van der Waals surface area contributed by atoms with Gasteiger partial charge < -0.3 is 29.4 Å². The van der Waals surface area contributed by atoms with E-state index in [9.17, 15) is 0 Å². The van der Waals surface area contributed by atoms with Crippen LogP contribution in [0.25, 0.3) is 5.52 Å². The Hall–Kier alpha value is -4.12. The molecule has 2 aromatic heterocycles. The predicted molar refractivity (Wildman–Crippen MR) is 155 cm³/mol. The lowest BCUT2D eigenvalue weighted by Crippen LogP contribution is -2.52. The predicted octanol–water partition coefficient (Wildman–Crippen LogP) is 4.65. The van der Waals surface area contributed by atoms with Crippen molar-refractivity contribution in [1.82, 2.24) is 14.6 Å². The first-order chi connectivity index (χ1) is 20.7. The maximum Gasteiger partial charge on any atom is 0.243 e. The van der Waals surface area contributed by atoms with Gasteiger partial charge in [-0.05, 0) is 28.8 Å². The van der Waals surface area contributed by atoms with Gasteiger partial charge in [-0.2, -0.15) is 5.10 Å². The van der Waals surface area contributed by atoms with Gasteiger partial charge in [0.05, 0.1) is 19.8 Å². The van der Waals surface area contributed by atoms with Gasteiger partial charge in [0.25, 0.3) is 0 Å². The second-order valence-corrected chi connectivity index (χ2v) is 10.6. The van der Waals surface area contributed by atoms with E-state index >= 15 is 0 Å². The van der Waals surface area contributed by atoms with Gasteiger partial charge in [-0.15, -0.1) is 0 Å². The third-order valence-corrected chi connectivity index (χ3v) is 8.12. The zero-order chi connectivity index (χ0) is 28.6. The minimum Gasteiger partial charge on any atom is -0.382 e. The number of methoxy groups -OCH3 is 1. The molecule has 0 radical (unpaired) electrons. The lowest BCUT2D eigenvalue weighted by Gasteiger charge is -2.38. The van der Waals surface area contributed by atoms with E-state index in [1.165, 1.54) is 6.33 Å². The summed E-state index contributed by atoms with van der Waals surface area (Å²) in [5, 5.41) is 4.48. The topological polar surface area (TPSA) is 102 Å². The second-order valence-electron chi connectivity index (χ2n) is 10.6. The van der Waals surface area contributed by atoms with Crippen LogP contribution in [0.1, 0.15) is 22.4 Å². The highest BCUT2D eigenvalue weighted by atomic mass is 16.8. The lowest BCUT2D eigenvalue weighted by molar-refractivity contribution is -0.294. The summed E-state index contributed by atoms with van der Waals surface area (Å²) in [6.45, 7) is 1.07. The summed E-state index contributed by atoms with van der Waals surface area (Å²) in [5.74, 6) is -1.01. The third-order valence-electron chi connectivity index (χ3n) is 8.12. The van der Waals surface area contributed by atoms with Crippen molar-refractivity contribution in [2.24, 2.45) is 0 Å². The van der Waals surface area contributed by atoms with Crippen LogP contribution in [-0.2, 0) is 49.3 Å². The molecule has 9 heteroatoms. The normalized spacial score (nSPS) is 26.4. The SMILES string of the molecule is COC1(c2ccc3c(N)ncnn23)O[C@@H]2C(OCc3ccccc3)[C@]2(OCc2ccccc2)[C@H]1OCc1ccccc1. The van der Waals surface area contributed by atoms with Gasteiger partial charge in [0.2, 0.25) is 5.79 Å². The molecule has 0 bridgehead atoms. The van der Waals surface area contributed by atoms with Crippen molar-refractivity contribution in [3.05, 3.63) is 132 Å². The first-order valence-electron chi connectivity index (χ1n) is 14.0. The van der Waals surface area contributed by atoms with Crippen molar-refractivity contribution in [2.45, 2.75) is 49.5 Å². The zero-order valence-electron chi connectivity index (χ0n) is 23.2. The molecule has 3 heterocycles.